The predicted octanol–water partition coefficient (Wildman–Crippen LogP) is 3.73. The van der Waals surface area contributed by atoms with Gasteiger partial charge in [0.25, 0.3) is 0 Å². The van der Waals surface area contributed by atoms with Crippen LogP contribution in [0.1, 0.15) is 51.6 Å². The molecule has 1 aliphatic heterocycles. The highest BCUT2D eigenvalue weighted by Crippen LogP contribution is 2.39. The zero-order valence-electron chi connectivity index (χ0n) is 13.3. The van der Waals surface area contributed by atoms with E-state index in [0.717, 1.165) is 24.4 Å². The molecule has 20 heavy (non-hydrogen) atoms. The minimum atomic E-state index is -0.0133. The van der Waals surface area contributed by atoms with Gasteiger partial charge in [-0.1, -0.05) is 26.3 Å². The summed E-state index contributed by atoms with van der Waals surface area (Å²) in [5, 5.41) is 0. The van der Waals surface area contributed by atoms with E-state index in [9.17, 15) is 0 Å². The molecule has 0 saturated carbocycles. The maximum atomic E-state index is 6.17. The van der Waals surface area contributed by atoms with Gasteiger partial charge >= 0.3 is 0 Å². The van der Waals surface area contributed by atoms with Gasteiger partial charge in [0.2, 0.25) is 0 Å². The van der Waals surface area contributed by atoms with E-state index in [1.165, 1.54) is 24.9 Å². The summed E-state index contributed by atoms with van der Waals surface area (Å²) >= 11 is 0. The van der Waals surface area contributed by atoms with E-state index in [2.05, 4.69) is 30.9 Å². The van der Waals surface area contributed by atoms with Crippen LogP contribution in [0, 0.1) is 5.41 Å². The molecule has 1 aromatic carbocycles. The van der Waals surface area contributed by atoms with Crippen molar-refractivity contribution in [2.45, 2.75) is 46.1 Å². The lowest BCUT2D eigenvalue weighted by molar-refractivity contribution is 0.238. The number of ether oxygens (including phenoxy) is 1. The Labute approximate surface area is 123 Å². The average molecular weight is 276 g/mol. The number of anilines is 1. The topological polar surface area (TPSA) is 38.5 Å². The van der Waals surface area contributed by atoms with Crippen LogP contribution in [-0.2, 0) is 0 Å². The van der Waals surface area contributed by atoms with Crippen LogP contribution in [0.15, 0.2) is 18.2 Å². The van der Waals surface area contributed by atoms with Gasteiger partial charge in [0.15, 0.2) is 0 Å². The summed E-state index contributed by atoms with van der Waals surface area (Å²) in [5.41, 5.74) is 9.06. The molecule has 0 aromatic heterocycles. The number of methoxy groups -OCH3 is 1. The van der Waals surface area contributed by atoms with Crippen molar-refractivity contribution in [3.8, 4) is 5.75 Å². The van der Waals surface area contributed by atoms with Gasteiger partial charge in [0.05, 0.1) is 7.11 Å². The molecule has 0 aliphatic carbocycles. The summed E-state index contributed by atoms with van der Waals surface area (Å²) in [6.45, 7) is 8.95. The Kier molecular flexibility index (Phi) is 4.59. The molecular weight excluding hydrogens is 248 g/mol. The molecule has 0 radical (unpaired) electrons. The monoisotopic (exact) mass is 276 g/mol. The van der Waals surface area contributed by atoms with Crippen LogP contribution in [0.4, 0.5) is 5.69 Å². The molecule has 2 N–H and O–H groups in total. The van der Waals surface area contributed by atoms with E-state index in [-0.39, 0.29) is 6.04 Å². The lowest BCUT2D eigenvalue weighted by atomic mass is 9.78. The average Bonchev–Trinajstić information content (AvgIpc) is 2.47. The molecule has 1 aliphatic rings. The predicted molar refractivity (Wildman–Crippen MR) is 85.4 cm³/mol. The van der Waals surface area contributed by atoms with Crippen LogP contribution in [0.3, 0.4) is 0 Å². The first-order valence-electron chi connectivity index (χ1n) is 7.68. The Morgan fingerprint density at radius 1 is 1.35 bits per heavy atom. The Morgan fingerprint density at radius 3 is 2.50 bits per heavy atom. The summed E-state index contributed by atoms with van der Waals surface area (Å²) in [7, 11) is 1.72. The number of nitrogens with zero attached hydrogens (tertiary/aromatic N) is 1. The summed E-state index contributed by atoms with van der Waals surface area (Å²) in [6, 6.07) is 6.23. The molecule has 0 bridgehead atoms. The number of piperidine rings is 1. The van der Waals surface area contributed by atoms with Crippen molar-refractivity contribution >= 4 is 5.69 Å². The molecule has 3 nitrogen and oxygen atoms in total. The third-order valence-electron chi connectivity index (χ3n) is 4.88. The first-order chi connectivity index (χ1) is 9.50. The summed E-state index contributed by atoms with van der Waals surface area (Å²) in [6.07, 6.45) is 3.76. The number of benzene rings is 1. The van der Waals surface area contributed by atoms with Gasteiger partial charge < -0.3 is 15.4 Å². The Morgan fingerprint density at radius 2 is 2.00 bits per heavy atom. The summed E-state index contributed by atoms with van der Waals surface area (Å²) in [4.78, 5) is 2.47. The van der Waals surface area contributed by atoms with Crippen LogP contribution < -0.4 is 15.4 Å². The van der Waals surface area contributed by atoms with E-state index in [4.69, 9.17) is 10.5 Å². The third-order valence-corrected chi connectivity index (χ3v) is 4.88. The molecule has 1 atom stereocenters. The van der Waals surface area contributed by atoms with Crippen LogP contribution in [0.2, 0.25) is 0 Å². The van der Waals surface area contributed by atoms with E-state index >= 15 is 0 Å². The Bertz CT molecular complexity index is 448. The van der Waals surface area contributed by atoms with Crippen molar-refractivity contribution in [3.63, 3.8) is 0 Å². The number of rotatable bonds is 4. The molecule has 112 valence electrons. The van der Waals surface area contributed by atoms with Crippen molar-refractivity contribution < 1.29 is 4.74 Å². The van der Waals surface area contributed by atoms with Gasteiger partial charge in [-0.3, -0.25) is 0 Å². The van der Waals surface area contributed by atoms with Gasteiger partial charge in [0.1, 0.15) is 5.75 Å². The van der Waals surface area contributed by atoms with Gasteiger partial charge in [-0.15, -0.1) is 0 Å². The zero-order chi connectivity index (χ0) is 14.8. The highest BCUT2D eigenvalue weighted by atomic mass is 16.5. The second-order valence-electron chi connectivity index (χ2n) is 6.33. The lowest BCUT2D eigenvalue weighted by Crippen LogP contribution is -2.39. The van der Waals surface area contributed by atoms with E-state index in [0.29, 0.717) is 5.41 Å². The van der Waals surface area contributed by atoms with Crippen molar-refractivity contribution in [3.05, 3.63) is 23.8 Å². The first kappa shape index (κ1) is 15.2. The molecule has 0 amide bonds. The maximum Gasteiger partial charge on any atom is 0.125 e. The molecule has 1 aromatic rings. The largest absolute Gasteiger partial charge is 0.496 e. The summed E-state index contributed by atoms with van der Waals surface area (Å²) < 4.78 is 5.49. The number of nitrogens with two attached hydrogens (primary N) is 1. The highest BCUT2D eigenvalue weighted by Gasteiger charge is 2.29. The van der Waals surface area contributed by atoms with Crippen molar-refractivity contribution in [2.75, 3.05) is 25.1 Å². The molecule has 1 unspecified atom stereocenters. The van der Waals surface area contributed by atoms with Crippen LogP contribution in [0.25, 0.3) is 0 Å². The zero-order valence-corrected chi connectivity index (χ0v) is 13.3. The summed E-state index contributed by atoms with van der Waals surface area (Å²) in [5.74, 6) is 0.904. The number of hydrogen-bond donors (Lipinski definition) is 1. The number of hydrogen-bond acceptors (Lipinski definition) is 3. The van der Waals surface area contributed by atoms with Crippen LogP contribution in [0.5, 0.6) is 5.75 Å². The molecule has 0 spiro atoms. The first-order valence-corrected chi connectivity index (χ1v) is 7.68. The fraction of sp³-hybridized carbons (Fsp3) is 0.647. The smallest absolute Gasteiger partial charge is 0.125 e. The molecule has 1 fully saturated rings. The van der Waals surface area contributed by atoms with Gasteiger partial charge in [-0.05, 0) is 37.3 Å². The lowest BCUT2D eigenvalue weighted by Gasteiger charge is -2.41. The van der Waals surface area contributed by atoms with Crippen molar-refractivity contribution in [2.24, 2.45) is 11.1 Å². The molecule has 3 heteroatoms. The maximum absolute atomic E-state index is 6.17. The normalized spacial score (nSPS) is 19.8. The molecular formula is C17H28N2O. The minimum absolute atomic E-state index is 0.0133. The van der Waals surface area contributed by atoms with Crippen LogP contribution in [-0.4, -0.2) is 20.2 Å². The second kappa shape index (κ2) is 6.04. The molecule has 2 rings (SSSR count). The van der Waals surface area contributed by atoms with Gasteiger partial charge in [-0.25, -0.2) is 0 Å². The fourth-order valence-electron chi connectivity index (χ4n) is 3.08. The Hall–Kier alpha value is -1.22. The van der Waals surface area contributed by atoms with E-state index < -0.39 is 0 Å². The highest BCUT2D eigenvalue weighted by molar-refractivity contribution is 5.61. The standard InChI is InChI=1S/C17H28N2O/c1-5-17(3)9-11-19(12-10-17)14-7-6-8-15(20-4)16(14)13(2)18/h6-8,13H,5,9-12,18H2,1-4H3. The molecule has 1 heterocycles. The Balaban J connectivity index is 2.26. The minimum Gasteiger partial charge on any atom is -0.496 e. The van der Waals surface area contributed by atoms with Gasteiger partial charge in [-0.2, -0.15) is 0 Å². The van der Waals surface area contributed by atoms with Gasteiger partial charge in [0, 0.05) is 30.4 Å². The van der Waals surface area contributed by atoms with Crippen molar-refractivity contribution in [1.29, 1.82) is 0 Å². The van der Waals surface area contributed by atoms with Crippen molar-refractivity contribution in [1.82, 2.24) is 0 Å². The quantitative estimate of drug-likeness (QED) is 0.910. The molecule has 1 saturated heterocycles. The van der Waals surface area contributed by atoms with E-state index in [1.54, 1.807) is 7.11 Å². The van der Waals surface area contributed by atoms with E-state index in [1.807, 2.05) is 13.0 Å². The fourth-order valence-corrected chi connectivity index (χ4v) is 3.08. The third kappa shape index (κ3) is 2.93. The SMILES string of the molecule is CCC1(C)CCN(c2cccc(OC)c2C(C)N)CC1. The second-order valence-corrected chi connectivity index (χ2v) is 6.33. The van der Waals surface area contributed by atoms with Crippen LogP contribution >= 0.6 is 0 Å².